The first-order chi connectivity index (χ1) is 9.39. The van der Waals surface area contributed by atoms with Crippen LogP contribution in [-0.2, 0) is 14.5 Å². The average Bonchev–Trinajstić information content (AvgIpc) is 2.89. The van der Waals surface area contributed by atoms with Gasteiger partial charge in [-0.05, 0) is 24.0 Å². The number of allylic oxidation sites excluding steroid dienone is 1. The van der Waals surface area contributed by atoms with Crippen molar-refractivity contribution in [3.8, 4) is 0 Å². The lowest BCUT2D eigenvalue weighted by molar-refractivity contribution is 0.264. The minimum Gasteiger partial charge on any atom is -0.497 e. The summed E-state index contributed by atoms with van der Waals surface area (Å²) in [6.07, 6.45) is 1.85. The minimum absolute atomic E-state index is 0.0203. The summed E-state index contributed by atoms with van der Waals surface area (Å²) in [4.78, 5) is 0.757. The number of nitrogens with zero attached hydrogens (tertiary/aromatic N) is 1. The van der Waals surface area contributed by atoms with Crippen molar-refractivity contribution >= 4 is 9.73 Å². The van der Waals surface area contributed by atoms with E-state index in [0.29, 0.717) is 6.54 Å². The van der Waals surface area contributed by atoms with Crippen LogP contribution in [0.15, 0.2) is 50.8 Å². The first-order valence-electron chi connectivity index (χ1n) is 7.00. The predicted octanol–water partition coefficient (Wildman–Crippen LogP) is 4.21. The molecule has 1 fully saturated rings. The molecule has 0 aromatic heterocycles. The summed E-state index contributed by atoms with van der Waals surface area (Å²) < 4.78 is 23.3. The third-order valence-corrected chi connectivity index (χ3v) is 5.00. The molecule has 0 bridgehead atoms. The Morgan fingerprint density at radius 3 is 2.55 bits per heavy atom. The smallest absolute Gasteiger partial charge is 0.106 e. The molecule has 0 saturated carbocycles. The summed E-state index contributed by atoms with van der Waals surface area (Å²) in [6.45, 7) is 7.57. The van der Waals surface area contributed by atoms with E-state index in [2.05, 4.69) is 25.1 Å². The Bertz CT molecular complexity index is 583. The van der Waals surface area contributed by atoms with Crippen LogP contribution in [0.4, 0.5) is 0 Å². The van der Waals surface area contributed by atoms with E-state index in [4.69, 9.17) is 4.74 Å². The molecule has 1 unspecified atom stereocenters. The van der Waals surface area contributed by atoms with Crippen LogP contribution in [0, 0.1) is 5.41 Å². The van der Waals surface area contributed by atoms with E-state index in [-0.39, 0.29) is 5.41 Å². The third kappa shape index (κ3) is 4.10. The van der Waals surface area contributed by atoms with Gasteiger partial charge in [-0.3, -0.25) is 0 Å². The number of rotatable bonds is 3. The van der Waals surface area contributed by atoms with Gasteiger partial charge in [0.05, 0.1) is 23.5 Å². The normalized spacial score (nSPS) is 20.4. The molecule has 1 saturated heterocycles. The van der Waals surface area contributed by atoms with Crippen molar-refractivity contribution in [3.05, 3.63) is 41.5 Å². The Balaban J connectivity index is 2.43. The van der Waals surface area contributed by atoms with Gasteiger partial charge < -0.3 is 4.74 Å². The lowest BCUT2D eigenvalue weighted by Crippen LogP contribution is -2.12. The maximum absolute atomic E-state index is 13.3. The molecule has 110 valence electrons. The first-order valence-corrected chi connectivity index (χ1v) is 8.58. The molecule has 3 nitrogen and oxygen atoms in total. The van der Waals surface area contributed by atoms with E-state index in [1.807, 2.05) is 30.3 Å². The van der Waals surface area contributed by atoms with Gasteiger partial charge >= 0.3 is 0 Å². The van der Waals surface area contributed by atoms with Gasteiger partial charge in [0.25, 0.3) is 0 Å². The van der Waals surface area contributed by atoms with Crippen LogP contribution in [0.3, 0.4) is 0 Å². The number of hydrogen-bond donors (Lipinski definition) is 0. The summed E-state index contributed by atoms with van der Waals surface area (Å²) in [7, 11) is -2.55. The molecule has 1 heterocycles. The van der Waals surface area contributed by atoms with Gasteiger partial charge in [0, 0.05) is 6.42 Å². The SMILES string of the molecule is CC(C)(C)CN=S(=O)(/C=C1/CCCO1)c1ccccc1. The van der Waals surface area contributed by atoms with Crippen LogP contribution >= 0.6 is 0 Å². The highest BCUT2D eigenvalue weighted by Gasteiger charge is 2.17. The highest BCUT2D eigenvalue weighted by atomic mass is 32.2. The molecule has 1 aromatic rings. The molecule has 0 radical (unpaired) electrons. The van der Waals surface area contributed by atoms with Crippen molar-refractivity contribution in [3.63, 3.8) is 0 Å². The van der Waals surface area contributed by atoms with Gasteiger partial charge in [-0.2, -0.15) is 0 Å². The van der Waals surface area contributed by atoms with Gasteiger partial charge in [0.15, 0.2) is 0 Å². The molecular formula is C16H23NO2S. The molecule has 0 aliphatic carbocycles. The van der Waals surface area contributed by atoms with E-state index in [9.17, 15) is 4.21 Å². The average molecular weight is 293 g/mol. The number of ether oxygens (including phenoxy) is 1. The van der Waals surface area contributed by atoms with Crippen LogP contribution in [0.5, 0.6) is 0 Å². The Morgan fingerprint density at radius 2 is 2.00 bits per heavy atom. The monoisotopic (exact) mass is 293 g/mol. The molecular weight excluding hydrogens is 270 g/mol. The second kappa shape index (κ2) is 6.00. The van der Waals surface area contributed by atoms with Gasteiger partial charge in [0.1, 0.15) is 15.5 Å². The second-order valence-corrected chi connectivity index (χ2v) is 8.37. The summed E-state index contributed by atoms with van der Waals surface area (Å²) in [6, 6.07) is 9.47. The van der Waals surface area contributed by atoms with Crippen molar-refractivity contribution in [2.45, 2.75) is 38.5 Å². The summed E-state index contributed by atoms with van der Waals surface area (Å²) in [5.41, 5.74) is 0.0203. The summed E-state index contributed by atoms with van der Waals surface area (Å²) >= 11 is 0. The highest BCUT2D eigenvalue weighted by Crippen LogP contribution is 2.24. The van der Waals surface area contributed by atoms with Crippen LogP contribution in [0.25, 0.3) is 0 Å². The quantitative estimate of drug-likeness (QED) is 0.837. The van der Waals surface area contributed by atoms with E-state index < -0.39 is 9.73 Å². The molecule has 20 heavy (non-hydrogen) atoms. The maximum Gasteiger partial charge on any atom is 0.106 e. The fourth-order valence-electron chi connectivity index (χ4n) is 1.88. The van der Waals surface area contributed by atoms with Crippen molar-refractivity contribution in [1.82, 2.24) is 0 Å². The molecule has 1 aromatic carbocycles. The molecule has 1 atom stereocenters. The van der Waals surface area contributed by atoms with Crippen molar-refractivity contribution in [2.24, 2.45) is 9.78 Å². The standard InChI is InChI=1S/C16H23NO2S/c1-16(2,3)13-17-20(18,12-14-8-7-11-19-14)15-9-5-4-6-10-15/h4-6,9-10,12H,7-8,11,13H2,1-3H3/b14-12-. The summed E-state index contributed by atoms with van der Waals surface area (Å²) in [5, 5.41) is 1.74. The molecule has 1 aliphatic heterocycles. The predicted molar refractivity (Wildman–Crippen MR) is 82.9 cm³/mol. The van der Waals surface area contributed by atoms with E-state index in [1.54, 1.807) is 5.41 Å². The van der Waals surface area contributed by atoms with Gasteiger partial charge in [-0.15, -0.1) is 0 Å². The lowest BCUT2D eigenvalue weighted by atomic mass is 9.98. The molecule has 1 aliphatic rings. The Morgan fingerprint density at radius 1 is 1.30 bits per heavy atom. The van der Waals surface area contributed by atoms with Crippen LogP contribution in [0.2, 0.25) is 0 Å². The molecule has 0 amide bonds. The van der Waals surface area contributed by atoms with E-state index in [1.165, 1.54) is 0 Å². The van der Waals surface area contributed by atoms with Crippen molar-refractivity contribution in [2.75, 3.05) is 13.2 Å². The lowest BCUT2D eigenvalue weighted by Gasteiger charge is -2.16. The Kier molecular flexibility index (Phi) is 4.53. The minimum atomic E-state index is -2.55. The largest absolute Gasteiger partial charge is 0.497 e. The summed E-state index contributed by atoms with van der Waals surface area (Å²) in [5.74, 6) is 0.816. The zero-order valence-corrected chi connectivity index (χ0v) is 13.3. The van der Waals surface area contributed by atoms with E-state index >= 15 is 0 Å². The zero-order valence-electron chi connectivity index (χ0n) is 12.5. The highest BCUT2D eigenvalue weighted by molar-refractivity contribution is 7.96. The number of benzene rings is 1. The van der Waals surface area contributed by atoms with Gasteiger partial charge in [-0.1, -0.05) is 39.0 Å². The van der Waals surface area contributed by atoms with Gasteiger partial charge in [-0.25, -0.2) is 8.57 Å². The van der Waals surface area contributed by atoms with E-state index in [0.717, 1.165) is 30.1 Å². The fourth-order valence-corrected chi connectivity index (χ4v) is 3.91. The topological polar surface area (TPSA) is 38.7 Å². The van der Waals surface area contributed by atoms with Crippen LogP contribution in [-0.4, -0.2) is 17.4 Å². The Hall–Kier alpha value is -1.29. The maximum atomic E-state index is 13.3. The zero-order chi connectivity index (χ0) is 14.6. The van der Waals surface area contributed by atoms with Crippen LogP contribution < -0.4 is 0 Å². The molecule has 4 heteroatoms. The van der Waals surface area contributed by atoms with Crippen molar-refractivity contribution < 1.29 is 8.95 Å². The Labute approximate surface area is 122 Å². The van der Waals surface area contributed by atoms with Crippen LogP contribution in [0.1, 0.15) is 33.6 Å². The second-order valence-electron chi connectivity index (χ2n) is 6.27. The van der Waals surface area contributed by atoms with Gasteiger partial charge in [0.2, 0.25) is 0 Å². The molecule has 2 rings (SSSR count). The van der Waals surface area contributed by atoms with Crippen molar-refractivity contribution in [1.29, 1.82) is 0 Å². The first kappa shape index (κ1) is 15.1. The fraction of sp³-hybridized carbons (Fsp3) is 0.500. The molecule has 0 spiro atoms. The number of hydrogen-bond acceptors (Lipinski definition) is 3. The molecule has 0 N–H and O–H groups in total. The third-order valence-electron chi connectivity index (χ3n) is 2.96.